The zero-order valence-electron chi connectivity index (χ0n) is 7.23. The van der Waals surface area contributed by atoms with Crippen molar-refractivity contribution in [1.29, 1.82) is 0 Å². The summed E-state index contributed by atoms with van der Waals surface area (Å²) in [5.74, 6) is -4.06. The molecule has 100 valence electrons. The molecule has 0 aliphatic heterocycles. The third-order valence-corrected chi connectivity index (χ3v) is 1.37. The van der Waals surface area contributed by atoms with Crippen LogP contribution in [0.25, 0.3) is 0 Å². The smallest absolute Gasteiger partial charge is 0.219 e. The maximum absolute atomic E-state index is 12.3. The highest BCUT2D eigenvalue weighted by Crippen LogP contribution is 2.40. The molecule has 0 bridgehead atoms. The first-order valence-corrected chi connectivity index (χ1v) is 3.44. The van der Waals surface area contributed by atoms with E-state index in [1.165, 1.54) is 0 Å². The van der Waals surface area contributed by atoms with Gasteiger partial charge >= 0.3 is 25.0 Å². The van der Waals surface area contributed by atoms with Gasteiger partial charge in [-0.05, 0) is 0 Å². The van der Waals surface area contributed by atoms with Gasteiger partial charge in [-0.3, -0.25) is 0 Å². The molecule has 0 radical (unpaired) electrons. The minimum Gasteiger partial charge on any atom is -0.219 e. The quantitative estimate of drug-likeness (QED) is 0.504. The fourth-order valence-corrected chi connectivity index (χ4v) is 0.735. The first-order chi connectivity index (χ1) is 7.19. The summed E-state index contributed by atoms with van der Waals surface area (Å²) in [4.78, 5) is 0. The number of hydrogen-bond donors (Lipinski definition) is 0. The Kier molecular flexibility index (Phi) is 4.12. The van der Waals surface area contributed by atoms with Crippen molar-refractivity contribution in [3.8, 4) is 0 Å². The van der Waals surface area contributed by atoms with Gasteiger partial charge in [0.05, 0.1) is 0 Å². The number of hydrogen-bond acceptors (Lipinski definition) is 0. The summed E-state index contributed by atoms with van der Waals surface area (Å²) < 4.78 is 129. The second-order valence-electron chi connectivity index (χ2n) is 2.68. The number of rotatable bonds is 1. The molecule has 0 atom stereocenters. The van der Waals surface area contributed by atoms with Crippen molar-refractivity contribution < 1.29 is 48.3 Å². The van der Waals surface area contributed by atoms with Crippen LogP contribution in [0.3, 0.4) is 0 Å². The molecule has 0 saturated heterocycles. The standard InChI is InChI=1S/C5BF11/c7-1(3(9,10)11)2(8)6(4(12,13)14)5(15,16)17/b2-1-. The molecule has 0 nitrogen and oxygen atoms in total. The minimum atomic E-state index is -6.43. The Bertz CT molecular complexity index is 289. The van der Waals surface area contributed by atoms with Gasteiger partial charge in [0.15, 0.2) is 0 Å². The van der Waals surface area contributed by atoms with Crippen molar-refractivity contribution in [3.63, 3.8) is 0 Å². The Balaban J connectivity index is 5.69. The summed E-state index contributed by atoms with van der Waals surface area (Å²) in [6.07, 6.45) is -19.1. The molecule has 0 heterocycles. The molecule has 17 heavy (non-hydrogen) atoms. The van der Waals surface area contributed by atoms with E-state index < -0.39 is 36.6 Å². The fraction of sp³-hybridized carbons (Fsp3) is 0.600. The normalized spacial score (nSPS) is 15.7. The van der Waals surface area contributed by atoms with Crippen LogP contribution in [-0.2, 0) is 0 Å². The van der Waals surface area contributed by atoms with Crippen LogP contribution in [0.5, 0.6) is 0 Å². The van der Waals surface area contributed by atoms with Crippen LogP contribution >= 0.6 is 0 Å². The molecule has 0 N–H and O–H groups in total. The van der Waals surface area contributed by atoms with E-state index in [-0.39, 0.29) is 0 Å². The molecule has 0 spiro atoms. The highest BCUT2D eigenvalue weighted by molar-refractivity contribution is 6.69. The lowest BCUT2D eigenvalue weighted by Gasteiger charge is -2.18. The SMILES string of the molecule is F/C(B(C(F)(F)F)C(F)(F)F)=C(\F)C(F)(F)F. The molecule has 0 aliphatic rings. The highest BCUT2D eigenvalue weighted by atomic mass is 19.4. The van der Waals surface area contributed by atoms with Crippen molar-refractivity contribution >= 4 is 6.71 Å². The number of halogens is 11. The Hall–Kier alpha value is -0.965. The topological polar surface area (TPSA) is 0 Å². The molecular weight excluding hydrogens is 280 g/mol. The van der Waals surface area contributed by atoms with Gasteiger partial charge in [-0.25, -0.2) is 4.39 Å². The van der Waals surface area contributed by atoms with Crippen molar-refractivity contribution in [2.24, 2.45) is 0 Å². The molecule has 0 aromatic heterocycles. The predicted molar refractivity (Wildman–Crippen MR) is 33.2 cm³/mol. The van der Waals surface area contributed by atoms with Crippen LogP contribution in [0.2, 0.25) is 0 Å². The Morgan fingerprint density at radius 2 is 0.941 bits per heavy atom. The largest absolute Gasteiger partial charge is 0.467 e. The van der Waals surface area contributed by atoms with E-state index in [1.807, 2.05) is 0 Å². The Morgan fingerprint density at radius 1 is 0.647 bits per heavy atom. The molecular formula is C5BF11. The molecule has 0 amide bonds. The van der Waals surface area contributed by atoms with E-state index in [4.69, 9.17) is 0 Å². The number of allylic oxidation sites excluding steroid dienone is 1. The van der Waals surface area contributed by atoms with Crippen molar-refractivity contribution in [3.05, 3.63) is 11.6 Å². The first kappa shape index (κ1) is 16.0. The van der Waals surface area contributed by atoms with Gasteiger partial charge in [-0.2, -0.15) is 43.9 Å². The van der Waals surface area contributed by atoms with Crippen LogP contribution in [0, 0.1) is 0 Å². The number of alkyl halides is 9. The molecule has 0 unspecified atom stereocenters. The molecule has 12 heteroatoms. The van der Waals surface area contributed by atoms with Gasteiger partial charge in [-0.15, -0.1) is 0 Å². The maximum Gasteiger partial charge on any atom is 0.467 e. The van der Waals surface area contributed by atoms with Gasteiger partial charge in [-0.1, -0.05) is 0 Å². The second kappa shape index (κ2) is 4.37. The average Bonchev–Trinajstić information content (AvgIpc) is 1.94. The Morgan fingerprint density at radius 3 is 1.12 bits per heavy atom. The summed E-state index contributed by atoms with van der Waals surface area (Å²) >= 11 is 0. The minimum absolute atomic E-state index is 3.96. The van der Waals surface area contributed by atoms with Crippen LogP contribution in [0.4, 0.5) is 48.3 Å². The highest BCUT2D eigenvalue weighted by Gasteiger charge is 2.66. The lowest BCUT2D eigenvalue weighted by atomic mass is 9.46. The molecule has 0 aromatic rings. The molecule has 0 saturated carbocycles. The van der Waals surface area contributed by atoms with E-state index in [1.54, 1.807) is 0 Å². The first-order valence-electron chi connectivity index (χ1n) is 3.44. The van der Waals surface area contributed by atoms with Crippen LogP contribution in [0.15, 0.2) is 11.6 Å². The van der Waals surface area contributed by atoms with E-state index >= 15 is 0 Å². The van der Waals surface area contributed by atoms with Crippen molar-refractivity contribution in [2.45, 2.75) is 18.3 Å². The third kappa shape index (κ3) is 4.08. The average molecular weight is 280 g/mol. The zero-order chi connectivity index (χ0) is 14.2. The summed E-state index contributed by atoms with van der Waals surface area (Å²) in [7, 11) is 0. The maximum atomic E-state index is 12.3. The third-order valence-electron chi connectivity index (χ3n) is 1.37. The molecule has 0 fully saturated rings. The van der Waals surface area contributed by atoms with Crippen LogP contribution in [-0.4, -0.2) is 25.0 Å². The lowest BCUT2D eigenvalue weighted by Crippen LogP contribution is -2.49. The zero-order valence-corrected chi connectivity index (χ0v) is 7.23. The van der Waals surface area contributed by atoms with Gasteiger partial charge in [0.1, 0.15) is 5.73 Å². The summed E-state index contributed by atoms with van der Waals surface area (Å²) in [5.41, 5.74) is -3.96. The van der Waals surface area contributed by atoms with Crippen LogP contribution < -0.4 is 0 Å². The van der Waals surface area contributed by atoms with Crippen LogP contribution in [0.1, 0.15) is 0 Å². The van der Waals surface area contributed by atoms with Gasteiger partial charge in [0, 0.05) is 0 Å². The Labute approximate surface area is 86.2 Å². The van der Waals surface area contributed by atoms with Gasteiger partial charge < -0.3 is 0 Å². The van der Waals surface area contributed by atoms with E-state index in [2.05, 4.69) is 0 Å². The van der Waals surface area contributed by atoms with E-state index in [9.17, 15) is 48.3 Å². The second-order valence-corrected chi connectivity index (χ2v) is 2.68. The summed E-state index contributed by atoms with van der Waals surface area (Å²) in [6.45, 7) is -5.14. The predicted octanol–water partition coefficient (Wildman–Crippen LogP) is 3.94. The summed E-state index contributed by atoms with van der Waals surface area (Å²) in [6, 6.07) is 0. The molecule has 0 aromatic carbocycles. The summed E-state index contributed by atoms with van der Waals surface area (Å²) in [5, 5.41) is 0. The van der Waals surface area contributed by atoms with Crippen molar-refractivity contribution in [2.75, 3.05) is 0 Å². The molecule has 0 rings (SSSR count). The van der Waals surface area contributed by atoms with E-state index in [0.29, 0.717) is 0 Å². The monoisotopic (exact) mass is 280 g/mol. The molecule has 0 aliphatic carbocycles. The fourth-order valence-electron chi connectivity index (χ4n) is 0.735. The van der Waals surface area contributed by atoms with Gasteiger partial charge in [0.2, 0.25) is 5.83 Å². The van der Waals surface area contributed by atoms with Gasteiger partial charge in [0.25, 0.3) is 0 Å². The van der Waals surface area contributed by atoms with E-state index in [0.717, 1.165) is 0 Å². The van der Waals surface area contributed by atoms with Crippen molar-refractivity contribution in [1.82, 2.24) is 0 Å². The lowest BCUT2D eigenvalue weighted by molar-refractivity contribution is -0.114.